The van der Waals surface area contributed by atoms with Gasteiger partial charge in [0.2, 0.25) is 0 Å². The molecule has 5 nitrogen and oxygen atoms in total. The standard InChI is InChI=1S/C14H14F3N3O2.ClH/c15-14(16,17)8-21-10-4-2-9(3-5-10)11-19-12(20-22-11)13(18)6-1-7-13;/h2-5H,1,6-8,18H2;1H. The van der Waals surface area contributed by atoms with Crippen LogP contribution in [0, 0.1) is 0 Å². The number of alkyl halides is 3. The lowest BCUT2D eigenvalue weighted by atomic mass is 9.77. The molecule has 1 fully saturated rings. The van der Waals surface area contributed by atoms with Crippen molar-refractivity contribution in [1.29, 1.82) is 0 Å². The first-order chi connectivity index (χ1) is 10.4. The number of ether oxygens (including phenoxy) is 1. The van der Waals surface area contributed by atoms with Crippen molar-refractivity contribution in [3.63, 3.8) is 0 Å². The lowest BCUT2D eigenvalue weighted by Gasteiger charge is -2.34. The van der Waals surface area contributed by atoms with Crippen LogP contribution in [0.4, 0.5) is 13.2 Å². The van der Waals surface area contributed by atoms with Crippen LogP contribution >= 0.6 is 12.4 Å². The van der Waals surface area contributed by atoms with Crippen molar-refractivity contribution in [2.24, 2.45) is 5.73 Å². The molecule has 0 radical (unpaired) electrons. The highest BCUT2D eigenvalue weighted by Gasteiger charge is 2.39. The normalized spacial score (nSPS) is 16.3. The number of benzene rings is 1. The van der Waals surface area contributed by atoms with Gasteiger partial charge in [0.1, 0.15) is 5.75 Å². The zero-order valence-electron chi connectivity index (χ0n) is 12.0. The molecule has 0 aliphatic heterocycles. The maximum Gasteiger partial charge on any atom is 0.422 e. The summed E-state index contributed by atoms with van der Waals surface area (Å²) >= 11 is 0. The Bertz CT molecular complexity index is 654. The zero-order valence-corrected chi connectivity index (χ0v) is 12.8. The Labute approximate surface area is 136 Å². The summed E-state index contributed by atoms with van der Waals surface area (Å²) in [4.78, 5) is 4.27. The summed E-state index contributed by atoms with van der Waals surface area (Å²) in [7, 11) is 0. The van der Waals surface area contributed by atoms with Gasteiger partial charge in [-0.05, 0) is 43.5 Å². The summed E-state index contributed by atoms with van der Waals surface area (Å²) < 4.78 is 46.0. The van der Waals surface area contributed by atoms with Crippen LogP contribution in [0.2, 0.25) is 0 Å². The van der Waals surface area contributed by atoms with E-state index in [9.17, 15) is 13.2 Å². The van der Waals surface area contributed by atoms with Gasteiger partial charge in [-0.25, -0.2) is 0 Å². The largest absolute Gasteiger partial charge is 0.484 e. The van der Waals surface area contributed by atoms with Gasteiger partial charge in [-0.15, -0.1) is 12.4 Å². The fourth-order valence-electron chi connectivity index (χ4n) is 2.18. The average molecular weight is 350 g/mol. The number of halogens is 4. The minimum absolute atomic E-state index is 0. The van der Waals surface area contributed by atoms with Crippen LogP contribution in [-0.4, -0.2) is 22.9 Å². The molecule has 1 aliphatic rings. The molecule has 1 aromatic heterocycles. The van der Waals surface area contributed by atoms with E-state index >= 15 is 0 Å². The third kappa shape index (κ3) is 3.94. The van der Waals surface area contributed by atoms with Crippen molar-refractivity contribution < 1.29 is 22.4 Å². The summed E-state index contributed by atoms with van der Waals surface area (Å²) in [6.45, 7) is -1.33. The third-order valence-corrected chi connectivity index (χ3v) is 3.62. The minimum atomic E-state index is -4.36. The molecule has 0 unspecified atom stereocenters. The second-order valence-electron chi connectivity index (χ2n) is 5.36. The van der Waals surface area contributed by atoms with Gasteiger partial charge < -0.3 is 15.0 Å². The highest BCUT2D eigenvalue weighted by atomic mass is 35.5. The van der Waals surface area contributed by atoms with Crippen molar-refractivity contribution >= 4 is 12.4 Å². The first-order valence-electron chi connectivity index (χ1n) is 6.79. The molecule has 1 aliphatic carbocycles. The number of aromatic nitrogens is 2. The lowest BCUT2D eigenvalue weighted by Crippen LogP contribution is -2.44. The Morgan fingerprint density at radius 1 is 1.22 bits per heavy atom. The SMILES string of the molecule is Cl.NC1(c2noc(-c3ccc(OCC(F)(F)F)cc3)n2)CCC1. The Kier molecular flexibility index (Phi) is 4.86. The maximum atomic E-state index is 12.1. The van der Waals surface area contributed by atoms with Crippen molar-refractivity contribution in [2.75, 3.05) is 6.61 Å². The second kappa shape index (κ2) is 6.37. The van der Waals surface area contributed by atoms with Gasteiger partial charge in [0, 0.05) is 5.56 Å². The molecule has 2 N–H and O–H groups in total. The van der Waals surface area contributed by atoms with Crippen LogP contribution in [0.15, 0.2) is 28.8 Å². The van der Waals surface area contributed by atoms with Gasteiger partial charge in [0.05, 0.1) is 5.54 Å². The topological polar surface area (TPSA) is 74.2 Å². The van der Waals surface area contributed by atoms with Crippen LogP contribution in [0.1, 0.15) is 25.1 Å². The zero-order chi connectivity index (χ0) is 15.8. The van der Waals surface area contributed by atoms with E-state index in [2.05, 4.69) is 14.9 Å². The van der Waals surface area contributed by atoms with Crippen LogP contribution in [0.25, 0.3) is 11.5 Å². The van der Waals surface area contributed by atoms with E-state index < -0.39 is 18.3 Å². The molecule has 0 spiro atoms. The summed E-state index contributed by atoms with van der Waals surface area (Å²) in [5, 5.41) is 3.89. The van der Waals surface area contributed by atoms with E-state index in [4.69, 9.17) is 10.3 Å². The van der Waals surface area contributed by atoms with Gasteiger partial charge in [-0.2, -0.15) is 18.2 Å². The molecular weight excluding hydrogens is 335 g/mol. The van der Waals surface area contributed by atoms with E-state index in [0.717, 1.165) is 19.3 Å². The third-order valence-electron chi connectivity index (χ3n) is 3.62. The summed E-state index contributed by atoms with van der Waals surface area (Å²) in [5.74, 6) is 0.871. The molecule has 9 heteroatoms. The molecule has 3 rings (SSSR count). The molecule has 0 bridgehead atoms. The Morgan fingerprint density at radius 2 is 1.87 bits per heavy atom. The van der Waals surface area contributed by atoms with Crippen molar-refractivity contribution in [3.8, 4) is 17.2 Å². The molecule has 2 aromatic rings. The molecule has 23 heavy (non-hydrogen) atoms. The maximum absolute atomic E-state index is 12.1. The fraction of sp³-hybridized carbons (Fsp3) is 0.429. The molecule has 0 saturated heterocycles. The predicted molar refractivity (Wildman–Crippen MR) is 78.2 cm³/mol. The summed E-state index contributed by atoms with van der Waals surface area (Å²) in [5.41, 5.74) is 6.19. The van der Waals surface area contributed by atoms with Crippen molar-refractivity contribution in [3.05, 3.63) is 30.1 Å². The van der Waals surface area contributed by atoms with Crippen LogP contribution in [-0.2, 0) is 5.54 Å². The monoisotopic (exact) mass is 349 g/mol. The molecule has 1 saturated carbocycles. The first-order valence-corrected chi connectivity index (χ1v) is 6.79. The van der Waals surface area contributed by atoms with Gasteiger partial charge in [0.25, 0.3) is 5.89 Å². The van der Waals surface area contributed by atoms with Gasteiger partial charge in [-0.3, -0.25) is 0 Å². The molecule has 0 amide bonds. The van der Waals surface area contributed by atoms with Crippen molar-refractivity contribution in [1.82, 2.24) is 10.1 Å². The minimum Gasteiger partial charge on any atom is -0.484 e. The highest BCUT2D eigenvalue weighted by molar-refractivity contribution is 5.85. The fourth-order valence-corrected chi connectivity index (χ4v) is 2.18. The number of rotatable bonds is 4. The molecular formula is C14H15ClF3N3O2. The van der Waals surface area contributed by atoms with Gasteiger partial charge >= 0.3 is 6.18 Å². The molecule has 1 heterocycles. The van der Waals surface area contributed by atoms with Gasteiger partial charge in [-0.1, -0.05) is 5.16 Å². The Morgan fingerprint density at radius 3 is 2.39 bits per heavy atom. The number of nitrogens with zero attached hydrogens (tertiary/aromatic N) is 2. The summed E-state index contributed by atoms with van der Waals surface area (Å²) in [6.07, 6.45) is -1.70. The highest BCUT2D eigenvalue weighted by Crippen LogP contribution is 2.37. The first kappa shape index (κ1) is 17.6. The van der Waals surface area contributed by atoms with Crippen LogP contribution in [0.5, 0.6) is 5.75 Å². The second-order valence-corrected chi connectivity index (χ2v) is 5.36. The molecule has 0 atom stereocenters. The lowest BCUT2D eigenvalue weighted by molar-refractivity contribution is -0.153. The Hall–Kier alpha value is -1.80. The smallest absolute Gasteiger partial charge is 0.422 e. The molecule has 1 aromatic carbocycles. The predicted octanol–water partition coefficient (Wildman–Crippen LogP) is 3.44. The van der Waals surface area contributed by atoms with Crippen molar-refractivity contribution in [2.45, 2.75) is 31.0 Å². The van der Waals surface area contributed by atoms with E-state index in [0.29, 0.717) is 11.4 Å². The van der Waals surface area contributed by atoms with E-state index in [1.807, 2.05) is 0 Å². The number of nitrogens with two attached hydrogens (primary N) is 1. The van der Waals surface area contributed by atoms with Crippen LogP contribution in [0.3, 0.4) is 0 Å². The molecule has 126 valence electrons. The van der Waals surface area contributed by atoms with E-state index in [-0.39, 0.29) is 24.0 Å². The van der Waals surface area contributed by atoms with Gasteiger partial charge in [0.15, 0.2) is 12.4 Å². The summed E-state index contributed by atoms with van der Waals surface area (Å²) in [6, 6.07) is 5.97. The number of hydrogen-bond acceptors (Lipinski definition) is 5. The van der Waals surface area contributed by atoms with E-state index in [1.165, 1.54) is 12.1 Å². The van der Waals surface area contributed by atoms with E-state index in [1.54, 1.807) is 12.1 Å². The Balaban J connectivity index is 0.00000192. The number of hydrogen-bond donors (Lipinski definition) is 1. The average Bonchev–Trinajstić information content (AvgIpc) is 2.92. The van der Waals surface area contributed by atoms with Crippen LogP contribution < -0.4 is 10.5 Å². The quantitative estimate of drug-likeness (QED) is 0.915.